The van der Waals surface area contributed by atoms with Gasteiger partial charge in [0.1, 0.15) is 0 Å². The SMILES string of the molecule is CC(C)(C)[CH2][Ga]([Cl])[CH2]C(C)(C)C. The van der Waals surface area contributed by atoms with Crippen molar-refractivity contribution >= 4 is 24.9 Å². The van der Waals surface area contributed by atoms with E-state index in [2.05, 4.69) is 41.5 Å². The molecule has 0 aliphatic rings. The first kappa shape index (κ1) is 12.9. The predicted octanol–water partition coefficient (Wildman–Crippen LogP) is 4.31. The molecule has 0 aromatic heterocycles. The van der Waals surface area contributed by atoms with Crippen LogP contribution in [-0.2, 0) is 0 Å². The van der Waals surface area contributed by atoms with Crippen LogP contribution in [0.25, 0.3) is 0 Å². The van der Waals surface area contributed by atoms with Crippen LogP contribution in [0.3, 0.4) is 0 Å². The van der Waals surface area contributed by atoms with Gasteiger partial charge in [0.05, 0.1) is 0 Å². The molecule has 0 fully saturated rings. The Morgan fingerprint density at radius 2 is 1.08 bits per heavy atom. The van der Waals surface area contributed by atoms with Gasteiger partial charge < -0.3 is 0 Å². The van der Waals surface area contributed by atoms with Crippen LogP contribution in [0.1, 0.15) is 41.5 Å². The third-order valence-corrected chi connectivity index (χ3v) is 10.3. The average Bonchev–Trinajstić information content (AvgIpc) is 1.49. The minimum atomic E-state index is -1.44. The zero-order chi connectivity index (χ0) is 9.99. The van der Waals surface area contributed by atoms with Crippen LogP contribution in [0.15, 0.2) is 0 Å². The zero-order valence-corrected chi connectivity index (χ0v) is 12.5. The van der Waals surface area contributed by atoms with E-state index in [1.807, 2.05) is 0 Å². The molecule has 0 bridgehead atoms. The van der Waals surface area contributed by atoms with Crippen molar-refractivity contribution < 1.29 is 0 Å². The third-order valence-electron chi connectivity index (χ3n) is 1.67. The van der Waals surface area contributed by atoms with Crippen molar-refractivity contribution in [2.75, 3.05) is 0 Å². The van der Waals surface area contributed by atoms with Gasteiger partial charge in [0.15, 0.2) is 0 Å². The third kappa shape index (κ3) is 9.02. The van der Waals surface area contributed by atoms with E-state index in [4.69, 9.17) is 9.64 Å². The Morgan fingerprint density at radius 1 is 0.833 bits per heavy atom. The van der Waals surface area contributed by atoms with Gasteiger partial charge in [0.25, 0.3) is 0 Å². The summed E-state index contributed by atoms with van der Waals surface area (Å²) in [6.45, 7) is 13.7. The average molecular weight is 247 g/mol. The molecule has 0 aliphatic heterocycles. The molecule has 0 saturated heterocycles. The molecule has 72 valence electrons. The standard InChI is InChI=1S/2C5H11.ClH.Ga/c2*1-5(2,3)4;;/h2*1H2,2-4H3;1H;/q;;;+1/p-1. The molecule has 0 nitrogen and oxygen atoms in total. The van der Waals surface area contributed by atoms with E-state index < -0.39 is 15.2 Å². The molecule has 0 rings (SSSR count). The second kappa shape index (κ2) is 4.43. The molecule has 2 heteroatoms. The van der Waals surface area contributed by atoms with Gasteiger partial charge in [-0.3, -0.25) is 0 Å². The summed E-state index contributed by atoms with van der Waals surface area (Å²) >= 11 is -1.44. The first-order chi connectivity index (χ1) is 5.10. The summed E-state index contributed by atoms with van der Waals surface area (Å²) in [4.78, 5) is 2.58. The molecule has 0 spiro atoms. The second-order valence-corrected chi connectivity index (χ2v) is 13.6. The van der Waals surface area contributed by atoms with E-state index in [1.165, 1.54) is 9.95 Å². The Kier molecular flexibility index (Phi) is 4.77. The maximum absolute atomic E-state index is 6.44. The van der Waals surface area contributed by atoms with Gasteiger partial charge in [-0.1, -0.05) is 0 Å². The molecule has 0 unspecified atom stereocenters. The van der Waals surface area contributed by atoms with E-state index in [9.17, 15) is 0 Å². The topological polar surface area (TPSA) is 0 Å². The summed E-state index contributed by atoms with van der Waals surface area (Å²) in [6, 6.07) is 0. The Bertz CT molecular complexity index is 114. The van der Waals surface area contributed by atoms with Gasteiger partial charge in [0, 0.05) is 0 Å². The first-order valence-electron chi connectivity index (χ1n) is 4.74. The fourth-order valence-corrected chi connectivity index (χ4v) is 12.1. The fraction of sp³-hybridized carbons (Fsp3) is 1.00. The second-order valence-electron chi connectivity index (χ2n) is 6.13. The van der Waals surface area contributed by atoms with E-state index in [-0.39, 0.29) is 0 Å². The minimum absolute atomic E-state index is 0.442. The van der Waals surface area contributed by atoms with Crippen molar-refractivity contribution in [2.24, 2.45) is 10.8 Å². The molecule has 0 aromatic carbocycles. The van der Waals surface area contributed by atoms with Crippen LogP contribution < -0.4 is 0 Å². The van der Waals surface area contributed by atoms with Crippen molar-refractivity contribution in [3.8, 4) is 0 Å². The first-order valence-corrected chi connectivity index (χ1v) is 11.4. The summed E-state index contributed by atoms with van der Waals surface area (Å²) in [5.74, 6) is 0. The number of hydrogen-bond donors (Lipinski definition) is 0. The van der Waals surface area contributed by atoms with E-state index in [0.29, 0.717) is 10.8 Å². The molecular formula is C10H22ClGa. The molecule has 0 aromatic rings. The summed E-state index contributed by atoms with van der Waals surface area (Å²) in [5, 5.41) is 0. The molecule has 0 radical (unpaired) electrons. The van der Waals surface area contributed by atoms with Crippen molar-refractivity contribution in [3.63, 3.8) is 0 Å². The van der Waals surface area contributed by atoms with E-state index in [1.54, 1.807) is 0 Å². The fourth-order valence-electron chi connectivity index (χ4n) is 1.40. The quantitative estimate of drug-likeness (QED) is 0.638. The van der Waals surface area contributed by atoms with E-state index in [0.717, 1.165) is 0 Å². The summed E-state index contributed by atoms with van der Waals surface area (Å²) in [6.07, 6.45) is 0. The number of rotatable bonds is 2. The van der Waals surface area contributed by atoms with Gasteiger partial charge in [-0.2, -0.15) is 0 Å². The Balaban J connectivity index is 3.83. The Labute approximate surface area is 87.1 Å². The normalized spacial score (nSPS) is 13.2. The van der Waals surface area contributed by atoms with Crippen LogP contribution in [0.5, 0.6) is 0 Å². The van der Waals surface area contributed by atoms with Crippen molar-refractivity contribution in [1.29, 1.82) is 0 Å². The molecule has 0 atom stereocenters. The summed E-state index contributed by atoms with van der Waals surface area (Å²) < 4.78 is 0. The predicted molar refractivity (Wildman–Crippen MR) is 60.1 cm³/mol. The molecule has 0 heterocycles. The number of hydrogen-bond acceptors (Lipinski definition) is 0. The van der Waals surface area contributed by atoms with Gasteiger partial charge in [0.2, 0.25) is 0 Å². The summed E-state index contributed by atoms with van der Waals surface area (Å²) in [5.41, 5.74) is 0.884. The van der Waals surface area contributed by atoms with Crippen molar-refractivity contribution in [3.05, 3.63) is 0 Å². The van der Waals surface area contributed by atoms with Crippen molar-refractivity contribution in [1.82, 2.24) is 0 Å². The molecule has 0 N–H and O–H groups in total. The molecule has 0 aliphatic carbocycles. The van der Waals surface area contributed by atoms with E-state index >= 15 is 0 Å². The molecular weight excluding hydrogens is 225 g/mol. The van der Waals surface area contributed by atoms with Crippen LogP contribution in [-0.4, -0.2) is 15.2 Å². The number of halogens is 1. The van der Waals surface area contributed by atoms with Gasteiger partial charge in [-0.05, 0) is 0 Å². The summed E-state index contributed by atoms with van der Waals surface area (Å²) in [7, 11) is 6.44. The Hall–Kier alpha value is 0.926. The molecule has 0 amide bonds. The van der Waals surface area contributed by atoms with Crippen LogP contribution in [0.2, 0.25) is 9.95 Å². The van der Waals surface area contributed by atoms with Gasteiger partial charge in [-0.25, -0.2) is 0 Å². The molecule has 12 heavy (non-hydrogen) atoms. The molecule has 0 saturated carbocycles. The maximum atomic E-state index is 6.44. The Morgan fingerprint density at radius 3 is 1.25 bits per heavy atom. The van der Waals surface area contributed by atoms with Crippen LogP contribution >= 0.6 is 9.64 Å². The van der Waals surface area contributed by atoms with Crippen LogP contribution in [0, 0.1) is 10.8 Å². The monoisotopic (exact) mass is 246 g/mol. The van der Waals surface area contributed by atoms with Gasteiger partial charge in [-0.15, -0.1) is 0 Å². The van der Waals surface area contributed by atoms with Crippen molar-refractivity contribution in [2.45, 2.75) is 51.5 Å². The van der Waals surface area contributed by atoms with Gasteiger partial charge >= 0.3 is 87.2 Å². The zero-order valence-electron chi connectivity index (χ0n) is 9.37. The van der Waals surface area contributed by atoms with Crippen LogP contribution in [0.4, 0.5) is 0 Å².